The molecular weight excluding hydrogens is 452 g/mol. The minimum atomic E-state index is -1.55. The van der Waals surface area contributed by atoms with E-state index in [4.69, 9.17) is 5.73 Å². The number of carbonyl (C=O) groups excluding carboxylic acids is 2. The summed E-state index contributed by atoms with van der Waals surface area (Å²) in [4.78, 5) is 30.2. The molecule has 7 heteroatoms. The SMILES string of the molecule is CC(C)(C)c1ccc(C(=O)N[C@@H](c2ccccc2)[C@@H](O)C(=O)Nc2ccc3ccnc(N)c3c2)cc1. The maximum absolute atomic E-state index is 13.1. The zero-order valence-corrected chi connectivity index (χ0v) is 20.5. The van der Waals surface area contributed by atoms with Gasteiger partial charge in [-0.1, -0.05) is 69.3 Å². The number of aromatic nitrogens is 1. The summed E-state index contributed by atoms with van der Waals surface area (Å²) in [7, 11) is 0. The first-order chi connectivity index (χ1) is 17.1. The minimum Gasteiger partial charge on any atom is -0.383 e. The topological polar surface area (TPSA) is 117 Å². The van der Waals surface area contributed by atoms with Gasteiger partial charge < -0.3 is 21.5 Å². The lowest BCUT2D eigenvalue weighted by atomic mass is 9.86. The van der Waals surface area contributed by atoms with Crippen molar-refractivity contribution in [1.29, 1.82) is 0 Å². The van der Waals surface area contributed by atoms with E-state index in [2.05, 4.69) is 36.4 Å². The number of nitrogens with one attached hydrogen (secondary N) is 2. The van der Waals surface area contributed by atoms with Crippen LogP contribution in [0.4, 0.5) is 11.5 Å². The lowest BCUT2D eigenvalue weighted by Crippen LogP contribution is -2.42. The summed E-state index contributed by atoms with van der Waals surface area (Å²) >= 11 is 0. The van der Waals surface area contributed by atoms with E-state index in [-0.39, 0.29) is 11.3 Å². The average molecular weight is 483 g/mol. The summed E-state index contributed by atoms with van der Waals surface area (Å²) in [5, 5.41) is 18.2. The molecule has 0 fully saturated rings. The first-order valence-corrected chi connectivity index (χ1v) is 11.7. The van der Waals surface area contributed by atoms with Gasteiger partial charge in [-0.2, -0.15) is 0 Å². The van der Waals surface area contributed by atoms with Crippen molar-refractivity contribution in [3.05, 3.63) is 102 Å². The van der Waals surface area contributed by atoms with Gasteiger partial charge in [-0.25, -0.2) is 4.98 Å². The fraction of sp³-hybridized carbons (Fsp3) is 0.207. The van der Waals surface area contributed by atoms with Crippen molar-refractivity contribution in [2.75, 3.05) is 11.1 Å². The van der Waals surface area contributed by atoms with Crippen LogP contribution in [0.2, 0.25) is 0 Å². The molecule has 3 aromatic carbocycles. The Morgan fingerprint density at radius 1 is 0.944 bits per heavy atom. The second kappa shape index (κ2) is 10.2. The zero-order chi connectivity index (χ0) is 25.9. The monoisotopic (exact) mass is 482 g/mol. The van der Waals surface area contributed by atoms with Gasteiger partial charge >= 0.3 is 0 Å². The van der Waals surface area contributed by atoms with E-state index in [1.807, 2.05) is 30.3 Å². The van der Waals surface area contributed by atoms with Crippen molar-refractivity contribution in [1.82, 2.24) is 10.3 Å². The van der Waals surface area contributed by atoms with Crippen LogP contribution in [0.25, 0.3) is 10.8 Å². The van der Waals surface area contributed by atoms with E-state index < -0.39 is 18.1 Å². The van der Waals surface area contributed by atoms with E-state index >= 15 is 0 Å². The normalized spacial score (nSPS) is 13.1. The fourth-order valence-electron chi connectivity index (χ4n) is 3.99. The quantitative estimate of drug-likeness (QED) is 0.321. The Morgan fingerprint density at radius 3 is 2.31 bits per heavy atom. The summed E-state index contributed by atoms with van der Waals surface area (Å²) in [5.74, 6) is -0.703. The Labute approximate surface area is 210 Å². The van der Waals surface area contributed by atoms with Gasteiger partial charge in [0.15, 0.2) is 6.10 Å². The van der Waals surface area contributed by atoms with E-state index in [0.29, 0.717) is 28.0 Å². The highest BCUT2D eigenvalue weighted by Crippen LogP contribution is 2.25. The number of nitrogens with two attached hydrogens (primary N) is 1. The molecule has 0 aliphatic rings. The molecular formula is C29H30N4O3. The predicted molar refractivity (Wildman–Crippen MR) is 143 cm³/mol. The molecule has 2 amide bonds. The first-order valence-electron chi connectivity index (χ1n) is 11.7. The number of aliphatic hydroxyl groups is 1. The van der Waals surface area contributed by atoms with Crippen molar-refractivity contribution in [3.63, 3.8) is 0 Å². The third kappa shape index (κ3) is 5.53. The summed E-state index contributed by atoms with van der Waals surface area (Å²) in [5.41, 5.74) is 8.52. The van der Waals surface area contributed by atoms with Gasteiger partial charge in [0.25, 0.3) is 11.8 Å². The molecule has 0 saturated heterocycles. The van der Waals surface area contributed by atoms with Crippen LogP contribution in [-0.2, 0) is 10.2 Å². The second-order valence-corrected chi connectivity index (χ2v) is 9.76. The van der Waals surface area contributed by atoms with Crippen molar-refractivity contribution >= 4 is 34.1 Å². The average Bonchev–Trinajstić information content (AvgIpc) is 2.87. The summed E-state index contributed by atoms with van der Waals surface area (Å²) < 4.78 is 0. The number of carbonyl (C=O) groups is 2. The van der Waals surface area contributed by atoms with Crippen LogP contribution in [0, 0.1) is 0 Å². The second-order valence-electron chi connectivity index (χ2n) is 9.76. The van der Waals surface area contributed by atoms with Crippen molar-refractivity contribution in [2.24, 2.45) is 0 Å². The maximum atomic E-state index is 13.1. The van der Waals surface area contributed by atoms with E-state index in [9.17, 15) is 14.7 Å². The number of fused-ring (bicyclic) bond motifs is 1. The van der Waals surface area contributed by atoms with Crippen LogP contribution in [0.5, 0.6) is 0 Å². The standard InChI is InChI=1S/C29H30N4O3/c1-29(2,3)21-12-9-20(10-13-21)27(35)33-24(19-7-5-4-6-8-19)25(34)28(36)32-22-14-11-18-15-16-31-26(30)23(18)17-22/h4-17,24-25,34H,1-3H3,(H2,30,31)(H,32,36)(H,33,35)/t24-,25+/m0/s1. The fourth-order valence-corrected chi connectivity index (χ4v) is 3.99. The van der Waals surface area contributed by atoms with Crippen LogP contribution in [-0.4, -0.2) is 28.0 Å². The van der Waals surface area contributed by atoms with Gasteiger partial charge in [0, 0.05) is 22.8 Å². The highest BCUT2D eigenvalue weighted by Gasteiger charge is 2.29. The largest absolute Gasteiger partial charge is 0.383 e. The molecule has 0 spiro atoms. The summed E-state index contributed by atoms with van der Waals surface area (Å²) in [6.45, 7) is 6.30. The van der Waals surface area contributed by atoms with Crippen LogP contribution in [0.15, 0.2) is 85.1 Å². The Morgan fingerprint density at radius 2 is 1.64 bits per heavy atom. The van der Waals surface area contributed by atoms with Crippen LogP contribution in [0.1, 0.15) is 48.3 Å². The summed E-state index contributed by atoms with van der Waals surface area (Å²) in [6.07, 6.45) is 0.0656. The molecule has 0 saturated carbocycles. The van der Waals surface area contributed by atoms with Crippen molar-refractivity contribution < 1.29 is 14.7 Å². The van der Waals surface area contributed by atoms with Gasteiger partial charge in [0.2, 0.25) is 0 Å². The number of amides is 2. The Kier molecular flexibility index (Phi) is 7.03. The van der Waals surface area contributed by atoms with Crippen molar-refractivity contribution in [3.8, 4) is 0 Å². The molecule has 5 N–H and O–H groups in total. The van der Waals surface area contributed by atoms with E-state index in [1.165, 1.54) is 0 Å². The molecule has 0 aliphatic heterocycles. The van der Waals surface area contributed by atoms with Crippen LogP contribution in [0.3, 0.4) is 0 Å². The lowest BCUT2D eigenvalue weighted by Gasteiger charge is -2.24. The molecule has 4 rings (SSSR count). The number of benzene rings is 3. The number of nitrogen functional groups attached to an aromatic ring is 1. The number of hydrogen-bond acceptors (Lipinski definition) is 5. The first kappa shape index (κ1) is 24.9. The Balaban J connectivity index is 1.56. The number of nitrogens with zero attached hydrogens (tertiary/aromatic N) is 1. The molecule has 36 heavy (non-hydrogen) atoms. The molecule has 4 aromatic rings. The van der Waals surface area contributed by atoms with Gasteiger partial charge in [-0.15, -0.1) is 0 Å². The molecule has 0 radical (unpaired) electrons. The van der Waals surface area contributed by atoms with Gasteiger partial charge in [-0.3, -0.25) is 9.59 Å². The van der Waals surface area contributed by atoms with E-state index in [1.54, 1.807) is 54.7 Å². The summed E-state index contributed by atoms with van der Waals surface area (Å²) in [6, 6.07) is 22.3. The minimum absolute atomic E-state index is 0.0423. The number of aliphatic hydroxyl groups excluding tert-OH is 1. The number of pyridine rings is 1. The van der Waals surface area contributed by atoms with Gasteiger partial charge in [0.05, 0.1) is 6.04 Å². The maximum Gasteiger partial charge on any atom is 0.255 e. The highest BCUT2D eigenvalue weighted by molar-refractivity contribution is 6.00. The van der Waals surface area contributed by atoms with Crippen LogP contribution < -0.4 is 16.4 Å². The molecule has 184 valence electrons. The van der Waals surface area contributed by atoms with Crippen molar-refractivity contribution in [2.45, 2.75) is 38.3 Å². The predicted octanol–water partition coefficient (Wildman–Crippen LogP) is 4.59. The molecule has 1 heterocycles. The molecule has 7 nitrogen and oxygen atoms in total. The lowest BCUT2D eigenvalue weighted by molar-refractivity contribution is -0.125. The molecule has 2 atom stereocenters. The third-order valence-corrected chi connectivity index (χ3v) is 6.11. The smallest absolute Gasteiger partial charge is 0.255 e. The molecule has 0 unspecified atom stereocenters. The van der Waals surface area contributed by atoms with Crippen LogP contribution >= 0.6 is 0 Å². The number of rotatable bonds is 6. The van der Waals surface area contributed by atoms with E-state index in [0.717, 1.165) is 10.9 Å². The molecule has 1 aromatic heterocycles. The molecule has 0 aliphatic carbocycles. The third-order valence-electron chi connectivity index (χ3n) is 6.11. The molecule has 0 bridgehead atoms. The van der Waals surface area contributed by atoms with Gasteiger partial charge in [0.1, 0.15) is 5.82 Å². The zero-order valence-electron chi connectivity index (χ0n) is 20.5. The van der Waals surface area contributed by atoms with Gasteiger partial charge in [-0.05, 0) is 52.3 Å². The number of hydrogen-bond donors (Lipinski definition) is 4. The Bertz CT molecular complexity index is 1380. The number of anilines is 2. The highest BCUT2D eigenvalue weighted by atomic mass is 16.3. The Hall–Kier alpha value is -4.23.